The summed E-state index contributed by atoms with van der Waals surface area (Å²) >= 11 is 0. The lowest BCUT2D eigenvalue weighted by Crippen LogP contribution is -3.00. The Bertz CT molecular complexity index is 490. The highest BCUT2D eigenvalue weighted by Gasteiger charge is 2.13. The van der Waals surface area contributed by atoms with Crippen LogP contribution in [0.1, 0.15) is 11.1 Å². The van der Waals surface area contributed by atoms with Gasteiger partial charge in [-0.25, -0.2) is 0 Å². The van der Waals surface area contributed by atoms with Gasteiger partial charge in [0, 0.05) is 11.1 Å². The molecular weight excluding hydrogens is 327 g/mol. The van der Waals surface area contributed by atoms with Gasteiger partial charge in [-0.2, -0.15) is 0 Å². The van der Waals surface area contributed by atoms with Gasteiger partial charge in [-0.15, -0.1) is 0 Å². The summed E-state index contributed by atoms with van der Waals surface area (Å²) in [7, 11) is 0.924. The molecule has 0 bridgehead atoms. The predicted octanol–water partition coefficient (Wildman–Crippen LogP) is -2.40. The Morgan fingerprint density at radius 3 is 1.30 bits per heavy atom. The molecule has 0 heterocycles. The van der Waals surface area contributed by atoms with Crippen LogP contribution in [0, 0.1) is 0 Å². The van der Waals surface area contributed by atoms with Crippen LogP contribution < -0.4 is 24.8 Å². The summed E-state index contributed by atoms with van der Waals surface area (Å²) in [6, 6.07) is 13.6. The molecule has 0 spiro atoms. The summed E-state index contributed by atoms with van der Waals surface area (Å²) in [5.74, 6) is 2.40. The third kappa shape index (κ3) is 5.07. The first-order chi connectivity index (χ1) is 8.58. The van der Waals surface area contributed by atoms with E-state index >= 15 is 0 Å². The first kappa shape index (κ1) is 20.0. The molecular formula is C16H22Cl2S2. The number of hydrogen-bond acceptors (Lipinski definition) is 0. The molecule has 0 fully saturated rings. The van der Waals surface area contributed by atoms with E-state index in [1.165, 1.54) is 33.4 Å². The second-order valence-corrected chi connectivity index (χ2v) is 9.71. The van der Waals surface area contributed by atoms with Crippen molar-refractivity contribution in [2.45, 2.75) is 11.5 Å². The predicted molar refractivity (Wildman–Crippen MR) is 89.8 cm³/mol. The minimum absolute atomic E-state index is 0. The van der Waals surface area contributed by atoms with Crippen LogP contribution in [-0.4, -0.2) is 25.0 Å². The van der Waals surface area contributed by atoms with Crippen LogP contribution in [0.3, 0.4) is 0 Å². The smallest absolute Gasteiger partial charge is 0.133 e. The molecule has 4 heteroatoms. The van der Waals surface area contributed by atoms with Gasteiger partial charge in [0.25, 0.3) is 0 Å². The molecule has 0 aliphatic rings. The van der Waals surface area contributed by atoms with Crippen molar-refractivity contribution in [1.82, 2.24) is 0 Å². The van der Waals surface area contributed by atoms with Crippen LogP contribution in [0.5, 0.6) is 0 Å². The van der Waals surface area contributed by atoms with Gasteiger partial charge in [0.05, 0.1) is 25.0 Å². The first-order valence-electron chi connectivity index (χ1n) is 6.16. The van der Waals surface area contributed by atoms with E-state index in [2.05, 4.69) is 61.4 Å². The maximum absolute atomic E-state index is 2.34. The highest BCUT2D eigenvalue weighted by Crippen LogP contribution is 2.25. The molecule has 0 aliphatic heterocycles. The molecule has 20 heavy (non-hydrogen) atoms. The molecule has 0 atom stereocenters. The van der Waals surface area contributed by atoms with E-state index in [4.69, 9.17) is 0 Å². The molecule has 2 aromatic rings. The van der Waals surface area contributed by atoms with Crippen molar-refractivity contribution in [3.8, 4) is 0 Å². The van der Waals surface area contributed by atoms with Gasteiger partial charge in [0.15, 0.2) is 0 Å². The molecule has 2 aromatic carbocycles. The molecule has 0 N–H and O–H groups in total. The number of fused-ring (bicyclic) bond motifs is 1. The SMILES string of the molecule is C[S+](C)Cc1ccc(C[S+](C)C)c2ccccc12.[Cl-].[Cl-]. The average Bonchev–Trinajstić information content (AvgIpc) is 2.31. The first-order valence-corrected chi connectivity index (χ1v) is 10.6. The van der Waals surface area contributed by atoms with Crippen molar-refractivity contribution in [1.29, 1.82) is 0 Å². The molecule has 0 amide bonds. The fourth-order valence-corrected chi connectivity index (χ4v) is 4.05. The topological polar surface area (TPSA) is 0 Å². The lowest BCUT2D eigenvalue weighted by atomic mass is 10.0. The third-order valence-corrected chi connectivity index (χ3v) is 4.77. The summed E-state index contributed by atoms with van der Waals surface area (Å²) in [5, 5.41) is 2.92. The zero-order valence-electron chi connectivity index (χ0n) is 12.5. The van der Waals surface area contributed by atoms with Crippen LogP contribution in [0.4, 0.5) is 0 Å². The van der Waals surface area contributed by atoms with Gasteiger partial charge in [0.2, 0.25) is 0 Å². The van der Waals surface area contributed by atoms with E-state index in [9.17, 15) is 0 Å². The Labute approximate surface area is 141 Å². The van der Waals surface area contributed by atoms with Gasteiger partial charge < -0.3 is 24.8 Å². The lowest BCUT2D eigenvalue weighted by molar-refractivity contribution is -0.00100. The number of hydrogen-bond donors (Lipinski definition) is 0. The molecule has 0 radical (unpaired) electrons. The second-order valence-electron chi connectivity index (χ2n) is 5.19. The number of rotatable bonds is 4. The Morgan fingerprint density at radius 2 is 1.00 bits per heavy atom. The Balaban J connectivity index is 0.00000180. The van der Waals surface area contributed by atoms with Gasteiger partial charge in [-0.1, -0.05) is 36.4 Å². The van der Waals surface area contributed by atoms with Crippen molar-refractivity contribution in [2.24, 2.45) is 0 Å². The van der Waals surface area contributed by atoms with E-state index in [1.807, 2.05) is 0 Å². The number of halogens is 2. The molecule has 0 aromatic heterocycles. The zero-order valence-corrected chi connectivity index (χ0v) is 15.6. The molecule has 2 rings (SSSR count). The summed E-state index contributed by atoms with van der Waals surface area (Å²) in [6.45, 7) is 0. The Kier molecular flexibility index (Phi) is 9.08. The highest BCUT2D eigenvalue weighted by atomic mass is 35.5. The minimum Gasteiger partial charge on any atom is -1.00 e. The van der Waals surface area contributed by atoms with Gasteiger partial charge >= 0.3 is 0 Å². The Hall–Kier alpha value is -0.0200. The molecule has 0 aliphatic carbocycles. The van der Waals surface area contributed by atoms with Crippen LogP contribution >= 0.6 is 0 Å². The molecule has 112 valence electrons. The minimum atomic E-state index is 0. The van der Waals surface area contributed by atoms with Crippen molar-refractivity contribution in [3.63, 3.8) is 0 Å². The zero-order chi connectivity index (χ0) is 13.1. The molecule has 0 saturated heterocycles. The maximum atomic E-state index is 2.34. The van der Waals surface area contributed by atoms with Gasteiger partial charge in [-0.3, -0.25) is 0 Å². The molecule has 0 saturated carbocycles. The van der Waals surface area contributed by atoms with E-state index < -0.39 is 0 Å². The average molecular weight is 349 g/mol. The number of benzene rings is 2. The molecule has 0 unspecified atom stereocenters. The summed E-state index contributed by atoms with van der Waals surface area (Å²) < 4.78 is 0. The van der Waals surface area contributed by atoms with Crippen molar-refractivity contribution in [3.05, 3.63) is 47.5 Å². The van der Waals surface area contributed by atoms with Crippen LogP contribution in [0.2, 0.25) is 0 Å². The lowest BCUT2D eigenvalue weighted by Gasteiger charge is -2.09. The van der Waals surface area contributed by atoms with E-state index in [-0.39, 0.29) is 24.8 Å². The Morgan fingerprint density at radius 1 is 0.650 bits per heavy atom. The second kappa shape index (κ2) is 9.09. The van der Waals surface area contributed by atoms with Crippen LogP contribution in [0.25, 0.3) is 10.8 Å². The van der Waals surface area contributed by atoms with Crippen molar-refractivity contribution >= 4 is 32.6 Å². The fourth-order valence-electron chi connectivity index (χ4n) is 2.30. The van der Waals surface area contributed by atoms with E-state index in [1.54, 1.807) is 0 Å². The normalized spacial score (nSPS) is 10.5. The van der Waals surface area contributed by atoms with Crippen LogP contribution in [0.15, 0.2) is 36.4 Å². The fraction of sp³-hybridized carbons (Fsp3) is 0.375. The van der Waals surface area contributed by atoms with E-state index in [0.29, 0.717) is 21.8 Å². The largest absolute Gasteiger partial charge is 1.00 e. The monoisotopic (exact) mass is 348 g/mol. The van der Waals surface area contributed by atoms with Crippen molar-refractivity contribution < 1.29 is 24.8 Å². The van der Waals surface area contributed by atoms with Crippen molar-refractivity contribution in [2.75, 3.05) is 25.0 Å². The van der Waals surface area contributed by atoms with Crippen LogP contribution in [-0.2, 0) is 33.3 Å². The maximum Gasteiger partial charge on any atom is 0.133 e. The summed E-state index contributed by atoms with van der Waals surface area (Å²) in [6.07, 6.45) is 9.27. The summed E-state index contributed by atoms with van der Waals surface area (Å²) in [4.78, 5) is 0. The molecule has 0 nitrogen and oxygen atoms in total. The van der Waals surface area contributed by atoms with Gasteiger partial charge in [-0.05, 0) is 32.6 Å². The standard InChI is InChI=1S/C16H22S2.2ClH/c1-17(2)11-13-9-10-14(12-18(3)4)16-8-6-5-7-15(13)16;;/h5-10H,11-12H2,1-4H3;2*1H/q+2;;/p-2. The summed E-state index contributed by atoms with van der Waals surface area (Å²) in [5.41, 5.74) is 3.02. The van der Waals surface area contributed by atoms with Gasteiger partial charge in [0.1, 0.15) is 11.5 Å². The quantitative estimate of drug-likeness (QED) is 0.540. The highest BCUT2D eigenvalue weighted by molar-refractivity contribution is 7.95. The van der Waals surface area contributed by atoms with E-state index in [0.717, 1.165) is 0 Å². The third-order valence-electron chi connectivity index (χ3n) is 2.99.